The van der Waals surface area contributed by atoms with Crippen molar-refractivity contribution in [1.82, 2.24) is 0 Å². The van der Waals surface area contributed by atoms with Gasteiger partial charge in [0.2, 0.25) is 0 Å². The zero-order valence-electron chi connectivity index (χ0n) is 16.2. The lowest BCUT2D eigenvalue weighted by Gasteiger charge is -2.15. The Morgan fingerprint density at radius 3 is 2.13 bits per heavy atom. The third-order valence-corrected chi connectivity index (χ3v) is 4.45. The molecular formula is C23H15F3N2O3. The topological polar surface area (TPSA) is 79.2 Å². The van der Waals surface area contributed by atoms with Gasteiger partial charge in [0, 0.05) is 11.3 Å². The summed E-state index contributed by atoms with van der Waals surface area (Å²) in [4.78, 5) is 23.6. The molecule has 0 saturated carbocycles. The Bertz CT molecular complexity index is 1200. The quantitative estimate of drug-likeness (QED) is 0.586. The number of nitrogens with zero attached hydrogens (tertiary/aromatic N) is 1. The summed E-state index contributed by atoms with van der Waals surface area (Å²) in [5.41, 5.74) is 2.10. The van der Waals surface area contributed by atoms with E-state index in [1.807, 2.05) is 11.4 Å². The van der Waals surface area contributed by atoms with Gasteiger partial charge in [-0.25, -0.2) is 4.79 Å². The molecule has 0 spiro atoms. The van der Waals surface area contributed by atoms with Crippen LogP contribution in [0.5, 0.6) is 0 Å². The summed E-state index contributed by atoms with van der Waals surface area (Å²) in [6.07, 6.45) is -5.05. The van der Waals surface area contributed by atoms with Crippen molar-refractivity contribution in [3.8, 4) is 28.3 Å². The van der Waals surface area contributed by atoms with Gasteiger partial charge in [-0.15, -0.1) is 0 Å². The fourth-order valence-corrected chi connectivity index (χ4v) is 3.06. The lowest BCUT2D eigenvalue weighted by molar-refractivity contribution is -0.167. The normalized spacial score (nSPS) is 10.8. The number of nitriles is 1. The first-order valence-corrected chi connectivity index (χ1v) is 8.95. The first-order chi connectivity index (χ1) is 14.7. The first kappa shape index (κ1) is 21.6. The van der Waals surface area contributed by atoms with Crippen LogP contribution in [0.3, 0.4) is 0 Å². The summed E-state index contributed by atoms with van der Waals surface area (Å²) < 4.78 is 43.0. The minimum atomic E-state index is -5.05. The van der Waals surface area contributed by atoms with Crippen molar-refractivity contribution in [3.63, 3.8) is 0 Å². The molecule has 8 heteroatoms. The molecule has 0 unspecified atom stereocenters. The molecule has 0 atom stereocenters. The third-order valence-electron chi connectivity index (χ3n) is 4.45. The van der Waals surface area contributed by atoms with Gasteiger partial charge in [0.1, 0.15) is 0 Å². The van der Waals surface area contributed by atoms with Crippen molar-refractivity contribution in [2.24, 2.45) is 0 Å². The number of ether oxygens (including phenoxy) is 1. The van der Waals surface area contributed by atoms with Crippen LogP contribution >= 0.6 is 0 Å². The van der Waals surface area contributed by atoms with E-state index < -0.39 is 18.1 Å². The molecule has 0 aromatic heterocycles. The van der Waals surface area contributed by atoms with E-state index in [0.29, 0.717) is 16.7 Å². The second-order valence-corrected chi connectivity index (χ2v) is 6.45. The number of para-hydroxylation sites is 1. The predicted octanol–water partition coefficient (Wildman–Crippen LogP) is 5.18. The molecular weight excluding hydrogens is 409 g/mol. The molecule has 31 heavy (non-hydrogen) atoms. The molecule has 156 valence electrons. The van der Waals surface area contributed by atoms with Crippen LogP contribution in [0.25, 0.3) is 22.3 Å². The highest BCUT2D eigenvalue weighted by atomic mass is 19.4. The molecule has 0 aliphatic heterocycles. The van der Waals surface area contributed by atoms with Gasteiger partial charge in [0.05, 0.1) is 24.3 Å². The maximum Gasteiger partial charge on any atom is 0.471 e. The second kappa shape index (κ2) is 8.71. The number of hydrogen-bond donors (Lipinski definition) is 1. The van der Waals surface area contributed by atoms with E-state index in [1.165, 1.54) is 31.4 Å². The van der Waals surface area contributed by atoms with Gasteiger partial charge in [-0.3, -0.25) is 4.79 Å². The number of benzene rings is 3. The van der Waals surface area contributed by atoms with Gasteiger partial charge in [0.15, 0.2) is 0 Å². The Labute approximate surface area is 175 Å². The van der Waals surface area contributed by atoms with E-state index >= 15 is 0 Å². The van der Waals surface area contributed by atoms with Crippen molar-refractivity contribution in [1.29, 1.82) is 5.26 Å². The molecule has 0 bridgehead atoms. The van der Waals surface area contributed by atoms with E-state index in [-0.39, 0.29) is 22.4 Å². The summed E-state index contributed by atoms with van der Waals surface area (Å²) in [5, 5.41) is 11.3. The van der Waals surface area contributed by atoms with E-state index in [1.54, 1.807) is 42.5 Å². The van der Waals surface area contributed by atoms with Gasteiger partial charge in [-0.05, 0) is 47.0 Å². The van der Waals surface area contributed by atoms with Crippen LogP contribution in [0.4, 0.5) is 18.9 Å². The molecule has 0 fully saturated rings. The van der Waals surface area contributed by atoms with Crippen LogP contribution in [-0.4, -0.2) is 25.2 Å². The Morgan fingerprint density at radius 2 is 1.52 bits per heavy atom. The summed E-state index contributed by atoms with van der Waals surface area (Å²) in [6, 6.07) is 19.2. The summed E-state index contributed by atoms with van der Waals surface area (Å²) in [5.74, 6) is -2.68. The molecule has 0 saturated heterocycles. The highest BCUT2D eigenvalue weighted by molar-refractivity contribution is 6.00. The van der Waals surface area contributed by atoms with Crippen LogP contribution in [0.15, 0.2) is 66.7 Å². The number of methoxy groups -OCH3 is 1. The van der Waals surface area contributed by atoms with Crippen molar-refractivity contribution < 1.29 is 27.5 Å². The maximum absolute atomic E-state index is 12.7. The number of esters is 1. The average molecular weight is 424 g/mol. The average Bonchev–Trinajstić information content (AvgIpc) is 2.77. The number of amides is 1. The molecule has 0 heterocycles. The molecule has 0 aliphatic rings. The van der Waals surface area contributed by atoms with E-state index in [4.69, 9.17) is 4.74 Å². The van der Waals surface area contributed by atoms with E-state index in [0.717, 1.165) is 0 Å². The standard InChI is InChI=1S/C23H15F3N2O3/c1-31-21(29)19-8-3-2-6-17(19)15-10-14(13-27)11-16(12-15)18-7-4-5-9-20(18)28-22(30)23(24,25)26/h2-12H,1H3,(H,28,30). The molecule has 3 aromatic carbocycles. The number of nitrogens with one attached hydrogen (secondary N) is 1. The van der Waals surface area contributed by atoms with Gasteiger partial charge < -0.3 is 10.1 Å². The van der Waals surface area contributed by atoms with Crippen LogP contribution in [0.2, 0.25) is 0 Å². The summed E-state index contributed by atoms with van der Waals surface area (Å²) in [6.45, 7) is 0. The van der Waals surface area contributed by atoms with Crippen molar-refractivity contribution >= 4 is 17.6 Å². The molecule has 3 aromatic rings. The largest absolute Gasteiger partial charge is 0.471 e. The molecule has 0 aliphatic carbocycles. The summed E-state index contributed by atoms with van der Waals surface area (Å²) in [7, 11) is 1.25. The van der Waals surface area contributed by atoms with Crippen LogP contribution < -0.4 is 5.32 Å². The second-order valence-electron chi connectivity index (χ2n) is 6.45. The highest BCUT2D eigenvalue weighted by Gasteiger charge is 2.39. The van der Waals surface area contributed by atoms with Crippen LogP contribution in [0, 0.1) is 11.3 Å². The van der Waals surface area contributed by atoms with Gasteiger partial charge in [-0.2, -0.15) is 18.4 Å². The maximum atomic E-state index is 12.7. The molecule has 5 nitrogen and oxygen atoms in total. The molecule has 1 amide bonds. The number of hydrogen-bond acceptors (Lipinski definition) is 4. The van der Waals surface area contributed by atoms with Crippen molar-refractivity contribution in [3.05, 3.63) is 77.9 Å². The predicted molar refractivity (Wildman–Crippen MR) is 108 cm³/mol. The fourth-order valence-electron chi connectivity index (χ4n) is 3.06. The number of alkyl halides is 3. The van der Waals surface area contributed by atoms with Crippen LogP contribution in [-0.2, 0) is 9.53 Å². The number of anilines is 1. The van der Waals surface area contributed by atoms with Gasteiger partial charge >= 0.3 is 18.1 Å². The Morgan fingerprint density at radius 1 is 0.935 bits per heavy atom. The van der Waals surface area contributed by atoms with Crippen molar-refractivity contribution in [2.75, 3.05) is 12.4 Å². The smallest absolute Gasteiger partial charge is 0.465 e. The highest BCUT2D eigenvalue weighted by Crippen LogP contribution is 2.34. The minimum absolute atomic E-state index is 0.0629. The number of rotatable bonds is 4. The van der Waals surface area contributed by atoms with Crippen LogP contribution in [0.1, 0.15) is 15.9 Å². The Kier molecular flexibility index (Phi) is 6.07. The van der Waals surface area contributed by atoms with E-state index in [9.17, 15) is 28.0 Å². The minimum Gasteiger partial charge on any atom is -0.465 e. The fraction of sp³-hybridized carbons (Fsp3) is 0.0870. The first-order valence-electron chi connectivity index (χ1n) is 8.95. The lowest BCUT2D eigenvalue weighted by atomic mass is 9.93. The molecule has 1 N–H and O–H groups in total. The Hall–Kier alpha value is -4.12. The van der Waals surface area contributed by atoms with Gasteiger partial charge in [-0.1, -0.05) is 36.4 Å². The lowest BCUT2D eigenvalue weighted by Crippen LogP contribution is -2.30. The molecule has 3 rings (SSSR count). The van der Waals surface area contributed by atoms with Crippen molar-refractivity contribution in [2.45, 2.75) is 6.18 Å². The Balaban J connectivity index is 2.16. The SMILES string of the molecule is COC(=O)c1ccccc1-c1cc(C#N)cc(-c2ccccc2NC(=O)C(F)(F)F)c1. The zero-order chi connectivity index (χ0) is 22.6. The number of carbonyl (C=O) groups excluding carboxylic acids is 2. The number of carbonyl (C=O) groups is 2. The summed E-state index contributed by atoms with van der Waals surface area (Å²) >= 11 is 0. The molecule has 0 radical (unpaired) electrons. The number of halogens is 3. The van der Waals surface area contributed by atoms with E-state index in [2.05, 4.69) is 0 Å². The monoisotopic (exact) mass is 424 g/mol. The van der Waals surface area contributed by atoms with Gasteiger partial charge in [0.25, 0.3) is 0 Å². The third kappa shape index (κ3) is 4.73. The zero-order valence-corrected chi connectivity index (χ0v) is 16.2.